The summed E-state index contributed by atoms with van der Waals surface area (Å²) < 4.78 is 0. The van der Waals surface area contributed by atoms with Crippen molar-refractivity contribution >= 4 is 12.1 Å². The molecule has 0 aliphatic heterocycles. The van der Waals surface area contributed by atoms with E-state index in [4.69, 9.17) is 10.8 Å². The molecule has 4 N–H and O–H groups in total. The second-order valence-corrected chi connectivity index (χ2v) is 3.33. The van der Waals surface area contributed by atoms with Crippen LogP contribution in [0.2, 0.25) is 0 Å². The summed E-state index contributed by atoms with van der Waals surface area (Å²) >= 11 is 0. The molecule has 0 aliphatic rings. The molecule has 0 spiro atoms. The Bertz CT molecular complexity index is 389. The zero-order valence-electron chi connectivity index (χ0n) is 8.80. The molecule has 0 bridgehead atoms. The van der Waals surface area contributed by atoms with Crippen molar-refractivity contribution in [1.82, 2.24) is 10.4 Å². The predicted octanol–water partition coefficient (Wildman–Crippen LogP) is 1.06. The lowest BCUT2D eigenvalue weighted by atomic mass is 10.1. The fourth-order valence-electron chi connectivity index (χ4n) is 1.16. The molecule has 0 aromatic heterocycles. The van der Waals surface area contributed by atoms with E-state index in [2.05, 4.69) is 0 Å². The molecule has 1 aromatic carbocycles. The first-order chi connectivity index (χ1) is 7.49. The molecule has 0 radical (unpaired) electrons. The Morgan fingerprint density at radius 2 is 1.94 bits per heavy atom. The number of hydrogen-bond donors (Lipinski definition) is 3. The number of carbonyl (C=O) groups is 2. The summed E-state index contributed by atoms with van der Waals surface area (Å²) in [5.41, 5.74) is 8.82. The summed E-state index contributed by atoms with van der Waals surface area (Å²) in [7, 11) is 0. The monoisotopic (exact) mass is 223 g/mol. The van der Waals surface area contributed by atoms with Crippen molar-refractivity contribution in [3.63, 3.8) is 0 Å². The zero-order valence-corrected chi connectivity index (χ0v) is 8.80. The van der Waals surface area contributed by atoms with Crippen LogP contribution in [0.15, 0.2) is 24.3 Å². The molecule has 6 heteroatoms. The SMILES string of the molecule is Cc1ccc(CN(NC(=O)O)C(N)=O)cc1. The first-order valence-corrected chi connectivity index (χ1v) is 4.61. The number of carbonyl (C=O) groups excluding carboxylic acids is 1. The average Bonchev–Trinajstić information content (AvgIpc) is 2.19. The van der Waals surface area contributed by atoms with Gasteiger partial charge in [-0.15, -0.1) is 0 Å². The van der Waals surface area contributed by atoms with Crippen molar-refractivity contribution < 1.29 is 14.7 Å². The predicted molar refractivity (Wildman–Crippen MR) is 57.5 cm³/mol. The lowest BCUT2D eigenvalue weighted by Crippen LogP contribution is -2.47. The highest BCUT2D eigenvalue weighted by atomic mass is 16.4. The smallest absolute Gasteiger partial charge is 0.423 e. The number of amides is 3. The fourth-order valence-corrected chi connectivity index (χ4v) is 1.16. The van der Waals surface area contributed by atoms with Gasteiger partial charge < -0.3 is 10.8 Å². The van der Waals surface area contributed by atoms with Crippen LogP contribution in [0.1, 0.15) is 11.1 Å². The van der Waals surface area contributed by atoms with Gasteiger partial charge in [0.1, 0.15) is 0 Å². The third-order valence-corrected chi connectivity index (χ3v) is 1.96. The summed E-state index contributed by atoms with van der Waals surface area (Å²) in [6.07, 6.45) is -1.33. The number of aryl methyl sites for hydroxylation is 1. The molecule has 3 amide bonds. The van der Waals surface area contributed by atoms with Gasteiger partial charge in [-0.05, 0) is 12.5 Å². The maximum atomic E-state index is 10.9. The van der Waals surface area contributed by atoms with Crippen molar-refractivity contribution in [3.05, 3.63) is 35.4 Å². The highest BCUT2D eigenvalue weighted by Gasteiger charge is 2.12. The van der Waals surface area contributed by atoms with Gasteiger partial charge >= 0.3 is 12.1 Å². The second-order valence-electron chi connectivity index (χ2n) is 3.33. The number of nitrogens with two attached hydrogens (primary N) is 1. The molecule has 86 valence electrons. The van der Waals surface area contributed by atoms with E-state index < -0.39 is 12.1 Å². The van der Waals surface area contributed by atoms with Crippen LogP contribution in [0.25, 0.3) is 0 Å². The number of carboxylic acid groups (broad SMARTS) is 1. The maximum absolute atomic E-state index is 10.9. The normalized spacial score (nSPS) is 9.56. The van der Waals surface area contributed by atoms with Crippen LogP contribution in [-0.2, 0) is 6.54 Å². The minimum atomic E-state index is -1.33. The number of nitrogens with one attached hydrogen (secondary N) is 1. The Labute approximate surface area is 92.6 Å². The lowest BCUT2D eigenvalue weighted by molar-refractivity contribution is 0.143. The van der Waals surface area contributed by atoms with Gasteiger partial charge in [0.15, 0.2) is 0 Å². The fraction of sp³-hybridized carbons (Fsp3) is 0.200. The van der Waals surface area contributed by atoms with Crippen molar-refractivity contribution in [2.45, 2.75) is 13.5 Å². The first kappa shape index (κ1) is 11.8. The number of primary amides is 1. The summed E-state index contributed by atoms with van der Waals surface area (Å²) in [5, 5.41) is 9.32. The molecule has 0 atom stereocenters. The van der Waals surface area contributed by atoms with Gasteiger partial charge in [0.25, 0.3) is 0 Å². The molecule has 0 saturated carbocycles. The van der Waals surface area contributed by atoms with Crippen molar-refractivity contribution in [3.8, 4) is 0 Å². The Kier molecular flexibility index (Phi) is 3.71. The minimum absolute atomic E-state index is 0.0991. The molecule has 0 heterocycles. The molecule has 0 fully saturated rings. The van der Waals surface area contributed by atoms with E-state index in [0.717, 1.165) is 16.1 Å². The quantitative estimate of drug-likeness (QED) is 0.654. The summed E-state index contributed by atoms with van der Waals surface area (Å²) in [6, 6.07) is 6.50. The molecular weight excluding hydrogens is 210 g/mol. The first-order valence-electron chi connectivity index (χ1n) is 4.61. The molecule has 16 heavy (non-hydrogen) atoms. The van der Waals surface area contributed by atoms with E-state index in [1.165, 1.54) is 0 Å². The molecule has 6 nitrogen and oxygen atoms in total. The Balaban J connectivity index is 2.71. The summed E-state index contributed by atoms with van der Waals surface area (Å²) in [4.78, 5) is 21.3. The summed E-state index contributed by atoms with van der Waals surface area (Å²) in [6.45, 7) is 2.03. The van der Waals surface area contributed by atoms with Crippen molar-refractivity contribution in [2.75, 3.05) is 0 Å². The van der Waals surface area contributed by atoms with Crippen molar-refractivity contribution in [1.29, 1.82) is 0 Å². The molecular formula is C10H13N3O3. The third-order valence-electron chi connectivity index (χ3n) is 1.96. The van der Waals surface area contributed by atoms with Gasteiger partial charge in [-0.1, -0.05) is 29.8 Å². The summed E-state index contributed by atoms with van der Waals surface area (Å²) in [5.74, 6) is 0. The van der Waals surface area contributed by atoms with Crippen LogP contribution >= 0.6 is 0 Å². The van der Waals surface area contributed by atoms with Gasteiger partial charge in [0.05, 0.1) is 6.54 Å². The lowest BCUT2D eigenvalue weighted by Gasteiger charge is -2.19. The maximum Gasteiger partial charge on any atom is 0.423 e. The van der Waals surface area contributed by atoms with E-state index in [0.29, 0.717) is 0 Å². The van der Waals surface area contributed by atoms with Crippen LogP contribution < -0.4 is 11.2 Å². The number of hydrogen-bond acceptors (Lipinski definition) is 2. The van der Waals surface area contributed by atoms with E-state index in [1.807, 2.05) is 24.5 Å². The number of benzene rings is 1. The third kappa shape index (κ3) is 3.49. The Morgan fingerprint density at radius 3 is 2.38 bits per heavy atom. The van der Waals surface area contributed by atoms with E-state index >= 15 is 0 Å². The zero-order chi connectivity index (χ0) is 12.1. The van der Waals surface area contributed by atoms with Gasteiger partial charge in [0, 0.05) is 0 Å². The molecule has 1 rings (SSSR count). The molecule has 1 aromatic rings. The van der Waals surface area contributed by atoms with Gasteiger partial charge in [-0.2, -0.15) is 0 Å². The number of urea groups is 1. The standard InChI is InChI=1S/C10H13N3O3/c1-7-2-4-8(5-3-7)6-13(9(11)14)12-10(15)16/h2-5,12H,6H2,1H3,(H2,11,14)(H,15,16). The average molecular weight is 223 g/mol. The van der Waals surface area contributed by atoms with Gasteiger partial charge in [0.2, 0.25) is 0 Å². The number of nitrogens with zero attached hydrogens (tertiary/aromatic N) is 1. The van der Waals surface area contributed by atoms with Crippen LogP contribution in [0, 0.1) is 6.92 Å². The number of rotatable bonds is 2. The van der Waals surface area contributed by atoms with Crippen molar-refractivity contribution in [2.24, 2.45) is 5.73 Å². The van der Waals surface area contributed by atoms with Crippen LogP contribution in [0.3, 0.4) is 0 Å². The van der Waals surface area contributed by atoms with E-state index in [-0.39, 0.29) is 6.54 Å². The van der Waals surface area contributed by atoms with Crippen LogP contribution in [-0.4, -0.2) is 22.2 Å². The van der Waals surface area contributed by atoms with E-state index in [1.54, 1.807) is 12.1 Å². The molecule has 0 aliphatic carbocycles. The Hall–Kier alpha value is -2.24. The van der Waals surface area contributed by atoms with Gasteiger partial charge in [-0.25, -0.2) is 20.0 Å². The van der Waals surface area contributed by atoms with Gasteiger partial charge in [-0.3, -0.25) is 0 Å². The topological polar surface area (TPSA) is 95.7 Å². The Morgan fingerprint density at radius 1 is 1.38 bits per heavy atom. The largest absolute Gasteiger partial charge is 0.464 e. The number of hydrazine groups is 1. The van der Waals surface area contributed by atoms with E-state index in [9.17, 15) is 9.59 Å². The second kappa shape index (κ2) is 5.01. The molecule has 0 unspecified atom stereocenters. The molecule has 0 saturated heterocycles. The van der Waals surface area contributed by atoms with Crippen LogP contribution in [0.5, 0.6) is 0 Å². The minimum Gasteiger partial charge on any atom is -0.464 e. The highest BCUT2D eigenvalue weighted by molar-refractivity contribution is 5.75. The van der Waals surface area contributed by atoms with Crippen LogP contribution in [0.4, 0.5) is 9.59 Å². The highest BCUT2D eigenvalue weighted by Crippen LogP contribution is 2.05.